The van der Waals surface area contributed by atoms with Crippen molar-refractivity contribution in [3.63, 3.8) is 0 Å². The van der Waals surface area contributed by atoms with Crippen LogP contribution in [0.25, 0.3) is 0 Å². The van der Waals surface area contributed by atoms with E-state index < -0.39 is 5.38 Å². The molecule has 3 rings (SSSR count). The van der Waals surface area contributed by atoms with E-state index in [1.54, 1.807) is 13.0 Å². The van der Waals surface area contributed by atoms with Gasteiger partial charge in [0.25, 0.3) is 5.91 Å². The van der Waals surface area contributed by atoms with Gasteiger partial charge in [-0.3, -0.25) is 9.59 Å². The minimum atomic E-state index is -0.639. The molecule has 1 aliphatic heterocycles. The van der Waals surface area contributed by atoms with Crippen molar-refractivity contribution in [2.45, 2.75) is 38.0 Å². The summed E-state index contributed by atoms with van der Waals surface area (Å²) in [5.74, 6) is -0.413. The number of piperidine rings is 1. The number of hydrogen-bond acceptors (Lipinski definition) is 3. The highest BCUT2D eigenvalue weighted by Crippen LogP contribution is 2.27. The molecule has 0 bridgehead atoms. The van der Waals surface area contributed by atoms with Gasteiger partial charge in [-0.2, -0.15) is 0 Å². The van der Waals surface area contributed by atoms with E-state index >= 15 is 0 Å². The summed E-state index contributed by atoms with van der Waals surface area (Å²) >= 11 is 5.86. The van der Waals surface area contributed by atoms with Crippen LogP contribution in [0.5, 0.6) is 0 Å². The largest absolute Gasteiger partial charge is 0.371 e. The minimum Gasteiger partial charge on any atom is -0.371 e. The van der Waals surface area contributed by atoms with Crippen LogP contribution in [0.1, 0.15) is 42.1 Å². The van der Waals surface area contributed by atoms with E-state index in [4.69, 9.17) is 11.6 Å². The average molecular weight is 414 g/mol. The Morgan fingerprint density at radius 3 is 2.48 bits per heavy atom. The topological polar surface area (TPSA) is 61.4 Å². The second-order valence-electron chi connectivity index (χ2n) is 7.38. The first-order valence-corrected chi connectivity index (χ1v) is 10.6. The van der Waals surface area contributed by atoms with Crippen molar-refractivity contribution in [1.82, 2.24) is 5.32 Å². The maximum atomic E-state index is 13.0. The monoisotopic (exact) mass is 413 g/mol. The molecule has 1 saturated heterocycles. The molecule has 154 valence electrons. The number of benzene rings is 2. The predicted octanol–water partition coefficient (Wildman–Crippen LogP) is 4.22. The molecule has 1 fully saturated rings. The highest BCUT2D eigenvalue weighted by molar-refractivity contribution is 6.32. The first-order valence-electron chi connectivity index (χ1n) is 10.2. The molecule has 1 atom stereocenters. The number of nitrogens with zero attached hydrogens (tertiary/aromatic N) is 1. The Hall–Kier alpha value is -2.53. The van der Waals surface area contributed by atoms with E-state index in [0.717, 1.165) is 38.0 Å². The van der Waals surface area contributed by atoms with Crippen molar-refractivity contribution in [2.24, 2.45) is 0 Å². The molecule has 1 aliphatic rings. The van der Waals surface area contributed by atoms with E-state index in [2.05, 4.69) is 27.7 Å². The van der Waals surface area contributed by atoms with E-state index in [1.807, 2.05) is 30.3 Å². The third kappa shape index (κ3) is 5.97. The van der Waals surface area contributed by atoms with Crippen molar-refractivity contribution in [2.75, 3.05) is 29.9 Å². The van der Waals surface area contributed by atoms with Gasteiger partial charge in [-0.1, -0.05) is 30.3 Å². The smallest absolute Gasteiger partial charge is 0.253 e. The number of alkyl halides is 1. The summed E-state index contributed by atoms with van der Waals surface area (Å²) in [6.07, 6.45) is 4.23. The third-order valence-electron chi connectivity index (χ3n) is 5.11. The van der Waals surface area contributed by atoms with Crippen molar-refractivity contribution < 1.29 is 9.59 Å². The molecule has 2 aromatic carbocycles. The van der Waals surface area contributed by atoms with Crippen LogP contribution in [0.4, 0.5) is 11.4 Å². The second kappa shape index (κ2) is 10.3. The summed E-state index contributed by atoms with van der Waals surface area (Å²) in [7, 11) is 0. The lowest BCUT2D eigenvalue weighted by molar-refractivity contribution is -0.115. The molecule has 0 saturated carbocycles. The molecule has 0 radical (unpaired) electrons. The van der Waals surface area contributed by atoms with Gasteiger partial charge in [0, 0.05) is 31.0 Å². The minimum absolute atomic E-state index is 0.128. The maximum absolute atomic E-state index is 13.0. The Bertz CT molecular complexity index is 833. The lowest BCUT2D eigenvalue weighted by atomic mass is 10.1. The zero-order valence-electron chi connectivity index (χ0n) is 16.8. The van der Waals surface area contributed by atoms with Gasteiger partial charge < -0.3 is 15.5 Å². The Labute approximate surface area is 177 Å². The zero-order valence-corrected chi connectivity index (χ0v) is 17.5. The van der Waals surface area contributed by atoms with Gasteiger partial charge in [-0.05, 0) is 56.4 Å². The molecule has 2 N–H and O–H groups in total. The average Bonchev–Trinajstić information content (AvgIpc) is 2.75. The Morgan fingerprint density at radius 1 is 1.07 bits per heavy atom. The van der Waals surface area contributed by atoms with Crippen LogP contribution in [0.3, 0.4) is 0 Å². The SMILES string of the molecule is CC(Cl)C(=O)Nc1ccc(N2CCCCC2)c(C(=O)NCCc2ccccc2)c1. The first-order chi connectivity index (χ1) is 14.0. The van der Waals surface area contributed by atoms with Crippen molar-refractivity contribution in [3.05, 3.63) is 59.7 Å². The zero-order chi connectivity index (χ0) is 20.6. The fraction of sp³-hybridized carbons (Fsp3) is 0.391. The first kappa shape index (κ1) is 21.2. The van der Waals surface area contributed by atoms with Gasteiger partial charge in [-0.15, -0.1) is 11.6 Å². The van der Waals surface area contributed by atoms with Gasteiger partial charge in [-0.25, -0.2) is 0 Å². The van der Waals surface area contributed by atoms with Gasteiger partial charge in [0.15, 0.2) is 0 Å². The fourth-order valence-corrected chi connectivity index (χ4v) is 3.56. The lowest BCUT2D eigenvalue weighted by Crippen LogP contribution is -2.33. The quantitative estimate of drug-likeness (QED) is 0.668. The van der Waals surface area contributed by atoms with Crippen LogP contribution >= 0.6 is 11.6 Å². The number of carbonyl (C=O) groups excluding carboxylic acids is 2. The van der Waals surface area contributed by atoms with E-state index in [9.17, 15) is 9.59 Å². The summed E-state index contributed by atoms with van der Waals surface area (Å²) in [6, 6.07) is 15.6. The molecule has 0 aliphatic carbocycles. The van der Waals surface area contributed by atoms with Gasteiger partial charge in [0.2, 0.25) is 5.91 Å². The molecule has 5 nitrogen and oxygen atoms in total. The standard InChI is InChI=1S/C23H28ClN3O2/c1-17(24)22(28)26-19-10-11-21(27-14-6-3-7-15-27)20(16-19)23(29)25-13-12-18-8-4-2-5-9-18/h2,4-5,8-11,16-17H,3,6-7,12-15H2,1H3,(H,25,29)(H,26,28). The van der Waals surface area contributed by atoms with E-state index in [0.29, 0.717) is 17.8 Å². The predicted molar refractivity (Wildman–Crippen MR) is 119 cm³/mol. The van der Waals surface area contributed by atoms with Crippen molar-refractivity contribution in [1.29, 1.82) is 0 Å². The number of halogens is 1. The highest BCUT2D eigenvalue weighted by atomic mass is 35.5. The summed E-state index contributed by atoms with van der Waals surface area (Å²) in [5, 5.41) is 5.17. The van der Waals surface area contributed by atoms with Crippen LogP contribution in [-0.2, 0) is 11.2 Å². The van der Waals surface area contributed by atoms with E-state index in [-0.39, 0.29) is 11.8 Å². The molecule has 2 aromatic rings. The molecule has 29 heavy (non-hydrogen) atoms. The third-order valence-corrected chi connectivity index (χ3v) is 5.31. The summed E-state index contributed by atoms with van der Waals surface area (Å²) in [6.45, 7) is 4.05. The maximum Gasteiger partial charge on any atom is 0.253 e. The molecule has 2 amide bonds. The number of hydrogen-bond donors (Lipinski definition) is 2. The number of anilines is 2. The Balaban J connectivity index is 1.76. The number of nitrogens with one attached hydrogen (secondary N) is 2. The van der Waals surface area contributed by atoms with Crippen LogP contribution in [0, 0.1) is 0 Å². The highest BCUT2D eigenvalue weighted by Gasteiger charge is 2.20. The van der Waals surface area contributed by atoms with Crippen LogP contribution in [0.2, 0.25) is 0 Å². The van der Waals surface area contributed by atoms with E-state index in [1.165, 1.54) is 12.0 Å². The molecule has 1 heterocycles. The Morgan fingerprint density at radius 2 is 1.79 bits per heavy atom. The van der Waals surface area contributed by atoms with Crippen LogP contribution < -0.4 is 15.5 Å². The summed E-state index contributed by atoms with van der Waals surface area (Å²) < 4.78 is 0. The van der Waals surface area contributed by atoms with Crippen molar-refractivity contribution in [3.8, 4) is 0 Å². The molecule has 6 heteroatoms. The van der Waals surface area contributed by atoms with Gasteiger partial charge in [0.1, 0.15) is 5.38 Å². The van der Waals surface area contributed by atoms with Crippen LogP contribution in [-0.4, -0.2) is 36.8 Å². The molecule has 1 unspecified atom stereocenters. The van der Waals surface area contributed by atoms with Crippen LogP contribution in [0.15, 0.2) is 48.5 Å². The van der Waals surface area contributed by atoms with Crippen molar-refractivity contribution >= 4 is 34.8 Å². The summed E-state index contributed by atoms with van der Waals surface area (Å²) in [5.41, 5.74) is 3.26. The summed E-state index contributed by atoms with van der Waals surface area (Å²) in [4.78, 5) is 27.2. The number of amides is 2. The molecule has 0 spiro atoms. The second-order valence-corrected chi connectivity index (χ2v) is 8.03. The molecular formula is C23H28ClN3O2. The molecule has 0 aromatic heterocycles. The normalized spacial score (nSPS) is 14.9. The Kier molecular flexibility index (Phi) is 7.53. The van der Waals surface area contributed by atoms with Gasteiger partial charge >= 0.3 is 0 Å². The number of rotatable bonds is 7. The van der Waals surface area contributed by atoms with Gasteiger partial charge in [0.05, 0.1) is 5.56 Å². The lowest BCUT2D eigenvalue weighted by Gasteiger charge is -2.30. The molecular weight excluding hydrogens is 386 g/mol. The fourth-order valence-electron chi connectivity index (χ4n) is 3.51. The number of carbonyl (C=O) groups is 2.